The predicted molar refractivity (Wildman–Crippen MR) is 121 cm³/mol. The number of para-hydroxylation sites is 1. The van der Waals surface area contributed by atoms with Gasteiger partial charge in [0.2, 0.25) is 17.4 Å². The van der Waals surface area contributed by atoms with Crippen molar-refractivity contribution in [1.82, 2.24) is 0 Å². The van der Waals surface area contributed by atoms with Gasteiger partial charge in [0, 0.05) is 30.0 Å². The first-order valence-corrected chi connectivity index (χ1v) is 11.7. The molecule has 2 aromatic rings. The fourth-order valence-electron chi connectivity index (χ4n) is 6.98. The molecule has 4 aliphatic heterocycles. The summed E-state index contributed by atoms with van der Waals surface area (Å²) in [6.07, 6.45) is 1.80. The van der Waals surface area contributed by atoms with E-state index in [1.54, 1.807) is 17.0 Å². The van der Waals surface area contributed by atoms with E-state index in [1.807, 2.05) is 44.2 Å². The molecule has 7 heteroatoms. The van der Waals surface area contributed by atoms with Crippen LogP contribution in [0.4, 0.5) is 11.4 Å². The van der Waals surface area contributed by atoms with Crippen LogP contribution in [-0.4, -0.2) is 36.9 Å². The second-order valence-corrected chi connectivity index (χ2v) is 9.78. The van der Waals surface area contributed by atoms with Crippen LogP contribution in [-0.2, 0) is 19.9 Å². The number of hydrogen-bond donors (Lipinski definition) is 1. The highest BCUT2D eigenvalue weighted by Crippen LogP contribution is 2.54. The Kier molecular flexibility index (Phi) is 4.15. The third-order valence-corrected chi connectivity index (χ3v) is 8.33. The van der Waals surface area contributed by atoms with Gasteiger partial charge in [-0.05, 0) is 37.6 Å². The summed E-state index contributed by atoms with van der Waals surface area (Å²) in [6, 6.07) is 13.0. The van der Waals surface area contributed by atoms with E-state index in [-0.39, 0.29) is 23.8 Å². The number of nitrogens with zero attached hydrogens (tertiary/aromatic N) is 2. The Hall–Kier alpha value is -2.70. The van der Waals surface area contributed by atoms with E-state index in [1.165, 1.54) is 4.90 Å². The minimum atomic E-state index is -1.04. The van der Waals surface area contributed by atoms with Crippen LogP contribution in [0.1, 0.15) is 30.9 Å². The van der Waals surface area contributed by atoms with E-state index >= 15 is 0 Å². The molecule has 164 valence electrons. The van der Waals surface area contributed by atoms with Crippen molar-refractivity contribution < 1.29 is 19.3 Å². The van der Waals surface area contributed by atoms with Crippen molar-refractivity contribution in [2.75, 3.05) is 22.9 Å². The second-order valence-electron chi connectivity index (χ2n) is 9.34. The third kappa shape index (κ3) is 2.17. The molecular weight excluding hydrogens is 426 g/mol. The molecule has 0 aromatic heterocycles. The van der Waals surface area contributed by atoms with Gasteiger partial charge in [0.25, 0.3) is 5.91 Å². The van der Waals surface area contributed by atoms with Crippen LogP contribution >= 0.6 is 11.6 Å². The standard InChI is InChI=1S/C25H24ClN3O3/c1-3-27-17-8-5-4-7-16(17)25(24(27)32)21-20(18-9-6-12-28(18)25)22(30)29(23(21)31)19-13-15(26)11-10-14(19)2/h4-5,7-8,10-11,13,18,20-21H,3,6,9,12H2,1-2H3/p+1/t18-,20+,21-,25+/m0/s1. The summed E-state index contributed by atoms with van der Waals surface area (Å²) >= 11 is 6.23. The van der Waals surface area contributed by atoms with Crippen molar-refractivity contribution in [2.24, 2.45) is 11.8 Å². The molecule has 1 unspecified atom stereocenters. The molecule has 3 fully saturated rings. The zero-order chi connectivity index (χ0) is 22.4. The lowest BCUT2D eigenvalue weighted by atomic mass is 9.75. The van der Waals surface area contributed by atoms with E-state index < -0.39 is 17.4 Å². The minimum Gasteiger partial charge on any atom is -0.315 e. The van der Waals surface area contributed by atoms with Gasteiger partial charge >= 0.3 is 0 Å². The van der Waals surface area contributed by atoms with Crippen LogP contribution in [0.25, 0.3) is 0 Å². The van der Waals surface area contributed by atoms with Gasteiger partial charge in [-0.1, -0.05) is 35.9 Å². The first-order valence-electron chi connectivity index (χ1n) is 11.3. The Balaban J connectivity index is 1.58. The summed E-state index contributed by atoms with van der Waals surface area (Å²) < 4.78 is 0. The first-order chi connectivity index (χ1) is 15.4. The molecule has 6 nitrogen and oxygen atoms in total. The Morgan fingerprint density at radius 1 is 1.09 bits per heavy atom. The van der Waals surface area contributed by atoms with Crippen molar-refractivity contribution in [2.45, 2.75) is 38.3 Å². The topological polar surface area (TPSA) is 62.1 Å². The number of aryl methyl sites for hydroxylation is 1. The molecule has 1 N–H and O–H groups in total. The van der Waals surface area contributed by atoms with Crippen molar-refractivity contribution in [1.29, 1.82) is 0 Å². The number of carbonyl (C=O) groups excluding carboxylic acids is 3. The Labute approximate surface area is 191 Å². The molecule has 0 saturated carbocycles. The molecule has 0 bridgehead atoms. The van der Waals surface area contributed by atoms with Crippen LogP contribution in [0.2, 0.25) is 5.02 Å². The fourth-order valence-corrected chi connectivity index (χ4v) is 7.14. The van der Waals surface area contributed by atoms with Crippen LogP contribution in [0.5, 0.6) is 0 Å². The Morgan fingerprint density at radius 3 is 2.66 bits per heavy atom. The van der Waals surface area contributed by atoms with Crippen LogP contribution in [0.15, 0.2) is 42.5 Å². The molecule has 0 radical (unpaired) electrons. The second kappa shape index (κ2) is 6.65. The number of nitrogens with one attached hydrogen (secondary N) is 1. The number of anilines is 2. The molecule has 3 amide bonds. The maximum Gasteiger partial charge on any atom is 0.294 e. The van der Waals surface area contributed by atoms with E-state index in [0.29, 0.717) is 17.3 Å². The number of carbonyl (C=O) groups is 3. The summed E-state index contributed by atoms with van der Waals surface area (Å²) in [5.74, 6) is -1.69. The molecule has 3 saturated heterocycles. The van der Waals surface area contributed by atoms with Gasteiger partial charge in [0.1, 0.15) is 17.9 Å². The SMILES string of the molecule is CCN1C(=O)[C@@]2(c3ccccc31)[C@@H]1C(=O)N(c3cc(Cl)ccc3C)C(=O)[C@@H]1[C@@H]1CCC[NH+]12. The van der Waals surface area contributed by atoms with Crippen molar-refractivity contribution in [3.05, 3.63) is 58.6 Å². The summed E-state index contributed by atoms with van der Waals surface area (Å²) in [5, 5.41) is 0.477. The molecular formula is C25H25ClN3O3+. The highest BCUT2D eigenvalue weighted by molar-refractivity contribution is 6.32. The quantitative estimate of drug-likeness (QED) is 0.712. The maximum absolute atomic E-state index is 14.1. The van der Waals surface area contributed by atoms with Crippen LogP contribution in [0.3, 0.4) is 0 Å². The zero-order valence-corrected chi connectivity index (χ0v) is 18.9. The third-order valence-electron chi connectivity index (χ3n) is 8.10. The van der Waals surface area contributed by atoms with Gasteiger partial charge in [-0.15, -0.1) is 0 Å². The first kappa shape index (κ1) is 19.9. The van der Waals surface area contributed by atoms with E-state index in [0.717, 1.165) is 41.1 Å². The highest BCUT2D eigenvalue weighted by atomic mass is 35.5. The van der Waals surface area contributed by atoms with Gasteiger partial charge in [0.05, 0.1) is 17.9 Å². The van der Waals surface area contributed by atoms with Crippen molar-refractivity contribution >= 4 is 40.7 Å². The number of rotatable bonds is 2. The predicted octanol–water partition coefficient (Wildman–Crippen LogP) is 2.08. The zero-order valence-electron chi connectivity index (χ0n) is 18.1. The summed E-state index contributed by atoms with van der Waals surface area (Å²) in [4.78, 5) is 46.3. The number of amides is 3. The Bertz CT molecular complexity index is 1200. The van der Waals surface area contributed by atoms with Gasteiger partial charge in [-0.25, -0.2) is 4.90 Å². The summed E-state index contributed by atoms with van der Waals surface area (Å²) in [5.41, 5.74) is 2.08. The van der Waals surface area contributed by atoms with Gasteiger partial charge in [-0.3, -0.25) is 14.4 Å². The van der Waals surface area contributed by atoms with Gasteiger partial charge in [0.15, 0.2) is 0 Å². The van der Waals surface area contributed by atoms with Gasteiger partial charge < -0.3 is 9.80 Å². The Morgan fingerprint density at radius 2 is 1.88 bits per heavy atom. The molecule has 32 heavy (non-hydrogen) atoms. The fraction of sp³-hybridized carbons (Fsp3) is 0.400. The number of quaternary nitrogens is 1. The number of likely N-dealkylation sites (N-methyl/N-ethyl adjacent to an activating group) is 1. The molecule has 4 heterocycles. The highest BCUT2D eigenvalue weighted by Gasteiger charge is 2.79. The van der Waals surface area contributed by atoms with E-state index in [9.17, 15) is 14.4 Å². The van der Waals surface area contributed by atoms with Crippen LogP contribution in [0, 0.1) is 18.8 Å². The largest absolute Gasteiger partial charge is 0.315 e. The number of hydrogen-bond acceptors (Lipinski definition) is 3. The lowest BCUT2D eigenvalue weighted by Crippen LogP contribution is -3.20. The monoisotopic (exact) mass is 450 g/mol. The molecule has 1 spiro atoms. The normalized spacial score (nSPS) is 32.8. The summed E-state index contributed by atoms with van der Waals surface area (Å²) in [6.45, 7) is 5.16. The lowest BCUT2D eigenvalue weighted by Gasteiger charge is -2.34. The van der Waals surface area contributed by atoms with Crippen LogP contribution < -0.4 is 14.7 Å². The molecule has 0 aliphatic carbocycles. The summed E-state index contributed by atoms with van der Waals surface area (Å²) in [7, 11) is 0. The number of imide groups is 1. The average molecular weight is 451 g/mol. The van der Waals surface area contributed by atoms with Crippen molar-refractivity contribution in [3.8, 4) is 0 Å². The number of halogens is 1. The van der Waals surface area contributed by atoms with E-state index in [4.69, 9.17) is 11.6 Å². The lowest BCUT2D eigenvalue weighted by molar-refractivity contribution is -0.948. The van der Waals surface area contributed by atoms with Crippen molar-refractivity contribution in [3.63, 3.8) is 0 Å². The number of benzene rings is 2. The molecule has 6 rings (SSSR count). The smallest absolute Gasteiger partial charge is 0.294 e. The minimum absolute atomic E-state index is 0.0326. The molecule has 4 aliphatic rings. The molecule has 2 aromatic carbocycles. The van der Waals surface area contributed by atoms with Gasteiger partial charge in [-0.2, -0.15) is 0 Å². The average Bonchev–Trinajstić information content (AvgIpc) is 3.48. The maximum atomic E-state index is 14.1. The number of fused-ring (bicyclic) bond motifs is 7. The molecule has 5 atom stereocenters. The van der Waals surface area contributed by atoms with E-state index in [2.05, 4.69) is 0 Å².